The number of nitrogens with zero attached hydrogens (tertiary/aromatic N) is 2. The average molecular weight is 330 g/mol. The van der Waals surface area contributed by atoms with Crippen LogP contribution in [0.5, 0.6) is 0 Å². The molecule has 0 saturated carbocycles. The molecule has 1 aromatic heterocycles. The molecule has 1 aromatic carbocycles. The average Bonchev–Trinajstić information content (AvgIpc) is 2.61. The Kier molecular flexibility index (Phi) is 5.72. The first kappa shape index (κ1) is 16.8. The lowest BCUT2D eigenvalue weighted by molar-refractivity contribution is 0.181. The van der Waals surface area contributed by atoms with Gasteiger partial charge in [0.15, 0.2) is 5.82 Å². The van der Waals surface area contributed by atoms with E-state index in [0.29, 0.717) is 29.7 Å². The molecule has 0 amide bonds. The molecular formula is C18H23FN4O. The van der Waals surface area contributed by atoms with E-state index in [4.69, 9.17) is 4.74 Å². The molecule has 1 fully saturated rings. The summed E-state index contributed by atoms with van der Waals surface area (Å²) in [5.74, 6) is 1.35. The highest BCUT2D eigenvalue weighted by atomic mass is 19.1. The van der Waals surface area contributed by atoms with Gasteiger partial charge in [-0.15, -0.1) is 0 Å². The van der Waals surface area contributed by atoms with Gasteiger partial charge in [-0.1, -0.05) is 12.1 Å². The fraction of sp³-hybridized carbons (Fsp3) is 0.444. The lowest BCUT2D eigenvalue weighted by Crippen LogP contribution is -2.33. The lowest BCUT2D eigenvalue weighted by atomic mass is 10.00. The molecule has 128 valence electrons. The molecule has 2 aromatic rings. The monoisotopic (exact) mass is 330 g/mol. The van der Waals surface area contributed by atoms with Gasteiger partial charge in [0.2, 0.25) is 0 Å². The predicted molar refractivity (Wildman–Crippen MR) is 92.2 cm³/mol. The molecule has 1 atom stereocenters. The van der Waals surface area contributed by atoms with Gasteiger partial charge in [-0.2, -0.15) is 0 Å². The lowest BCUT2D eigenvalue weighted by Gasteiger charge is -2.23. The van der Waals surface area contributed by atoms with E-state index >= 15 is 0 Å². The number of halogens is 1. The second kappa shape index (κ2) is 8.17. The zero-order valence-corrected chi connectivity index (χ0v) is 13.9. The molecule has 3 rings (SSSR count). The van der Waals surface area contributed by atoms with Crippen molar-refractivity contribution in [2.45, 2.75) is 19.4 Å². The van der Waals surface area contributed by atoms with Crippen LogP contribution in [0.3, 0.4) is 0 Å². The predicted octanol–water partition coefficient (Wildman–Crippen LogP) is 2.84. The molecule has 2 N–H and O–H groups in total. The fourth-order valence-electron chi connectivity index (χ4n) is 2.92. The first-order valence-corrected chi connectivity index (χ1v) is 8.32. The van der Waals surface area contributed by atoms with E-state index in [1.807, 2.05) is 6.07 Å². The SMILES string of the molecule is COCc1cc(NCC2CCCNC2)nc(-c2ccccc2F)n1. The van der Waals surface area contributed by atoms with Crippen LogP contribution in [0.2, 0.25) is 0 Å². The van der Waals surface area contributed by atoms with E-state index < -0.39 is 0 Å². The molecule has 1 saturated heterocycles. The molecule has 2 heterocycles. The van der Waals surface area contributed by atoms with E-state index in [1.54, 1.807) is 25.3 Å². The summed E-state index contributed by atoms with van der Waals surface area (Å²) in [5, 5.41) is 6.78. The van der Waals surface area contributed by atoms with Gasteiger partial charge in [0, 0.05) is 19.7 Å². The van der Waals surface area contributed by atoms with Crippen LogP contribution in [0.25, 0.3) is 11.4 Å². The highest BCUT2D eigenvalue weighted by Gasteiger charge is 2.14. The van der Waals surface area contributed by atoms with Crippen molar-refractivity contribution >= 4 is 5.82 Å². The van der Waals surface area contributed by atoms with Crippen molar-refractivity contribution in [1.29, 1.82) is 0 Å². The first-order chi connectivity index (χ1) is 11.8. The summed E-state index contributed by atoms with van der Waals surface area (Å²) in [6.45, 7) is 3.32. The molecule has 0 bridgehead atoms. The normalized spacial score (nSPS) is 17.7. The van der Waals surface area contributed by atoms with Crippen LogP contribution in [0.4, 0.5) is 10.2 Å². The quantitative estimate of drug-likeness (QED) is 0.853. The van der Waals surface area contributed by atoms with E-state index in [2.05, 4.69) is 20.6 Å². The number of methoxy groups -OCH3 is 1. The summed E-state index contributed by atoms with van der Waals surface area (Å²) in [4.78, 5) is 8.91. The van der Waals surface area contributed by atoms with Crippen LogP contribution in [0.1, 0.15) is 18.5 Å². The number of hydrogen-bond donors (Lipinski definition) is 2. The van der Waals surface area contributed by atoms with Crippen molar-refractivity contribution in [1.82, 2.24) is 15.3 Å². The Bertz CT molecular complexity index is 674. The Labute approximate surface area is 141 Å². The second-order valence-electron chi connectivity index (χ2n) is 6.07. The first-order valence-electron chi connectivity index (χ1n) is 8.32. The Balaban J connectivity index is 1.81. The second-order valence-corrected chi connectivity index (χ2v) is 6.07. The van der Waals surface area contributed by atoms with Gasteiger partial charge < -0.3 is 15.4 Å². The van der Waals surface area contributed by atoms with Gasteiger partial charge in [-0.25, -0.2) is 14.4 Å². The van der Waals surface area contributed by atoms with Gasteiger partial charge in [0.1, 0.15) is 11.6 Å². The number of benzene rings is 1. The number of nitrogens with one attached hydrogen (secondary N) is 2. The molecule has 0 aliphatic carbocycles. The molecule has 0 radical (unpaired) electrons. The zero-order chi connectivity index (χ0) is 16.8. The van der Waals surface area contributed by atoms with Crippen molar-refractivity contribution in [3.05, 3.63) is 41.8 Å². The van der Waals surface area contributed by atoms with Crippen molar-refractivity contribution in [3.8, 4) is 11.4 Å². The Hall–Kier alpha value is -2.05. The number of ether oxygens (including phenoxy) is 1. The van der Waals surface area contributed by atoms with Crippen LogP contribution >= 0.6 is 0 Å². The van der Waals surface area contributed by atoms with Crippen LogP contribution in [0.15, 0.2) is 30.3 Å². The maximum absolute atomic E-state index is 14.1. The number of piperidine rings is 1. The summed E-state index contributed by atoms with van der Waals surface area (Å²) in [5.41, 5.74) is 1.13. The van der Waals surface area contributed by atoms with Gasteiger partial charge in [-0.3, -0.25) is 0 Å². The van der Waals surface area contributed by atoms with Crippen molar-refractivity contribution in [2.24, 2.45) is 5.92 Å². The fourth-order valence-corrected chi connectivity index (χ4v) is 2.92. The van der Waals surface area contributed by atoms with Crippen molar-refractivity contribution in [3.63, 3.8) is 0 Å². The highest BCUT2D eigenvalue weighted by Crippen LogP contribution is 2.22. The Morgan fingerprint density at radius 1 is 1.33 bits per heavy atom. The third-order valence-electron chi connectivity index (χ3n) is 4.16. The third-order valence-corrected chi connectivity index (χ3v) is 4.16. The summed E-state index contributed by atoms with van der Waals surface area (Å²) in [7, 11) is 1.62. The minimum Gasteiger partial charge on any atom is -0.378 e. The minimum absolute atomic E-state index is 0.325. The summed E-state index contributed by atoms with van der Waals surface area (Å²) < 4.78 is 19.2. The van der Waals surface area contributed by atoms with Crippen LogP contribution in [0, 0.1) is 11.7 Å². The Morgan fingerprint density at radius 2 is 2.21 bits per heavy atom. The number of rotatable bonds is 6. The van der Waals surface area contributed by atoms with Gasteiger partial charge in [0.05, 0.1) is 17.9 Å². The molecule has 6 heteroatoms. The summed E-state index contributed by atoms with van der Waals surface area (Å²) >= 11 is 0. The molecule has 5 nitrogen and oxygen atoms in total. The number of hydrogen-bond acceptors (Lipinski definition) is 5. The maximum atomic E-state index is 14.1. The molecule has 0 spiro atoms. The van der Waals surface area contributed by atoms with E-state index in [1.165, 1.54) is 18.9 Å². The summed E-state index contributed by atoms with van der Waals surface area (Å²) in [6, 6.07) is 8.42. The van der Waals surface area contributed by atoms with Gasteiger partial charge >= 0.3 is 0 Å². The summed E-state index contributed by atoms with van der Waals surface area (Å²) in [6.07, 6.45) is 2.40. The van der Waals surface area contributed by atoms with Crippen LogP contribution < -0.4 is 10.6 Å². The third kappa shape index (κ3) is 4.27. The topological polar surface area (TPSA) is 59.1 Å². The molecule has 1 unspecified atom stereocenters. The minimum atomic E-state index is -0.325. The molecular weight excluding hydrogens is 307 g/mol. The standard InChI is InChI=1S/C18H23FN4O/c1-24-12-14-9-17(21-11-13-5-4-8-20-10-13)23-18(22-14)15-6-2-3-7-16(15)19/h2-3,6-7,9,13,20H,4-5,8,10-12H2,1H3,(H,21,22,23). The van der Waals surface area contributed by atoms with Gasteiger partial charge in [0.25, 0.3) is 0 Å². The Morgan fingerprint density at radius 3 is 2.96 bits per heavy atom. The number of aromatic nitrogens is 2. The maximum Gasteiger partial charge on any atom is 0.164 e. The number of anilines is 1. The molecule has 1 aliphatic rings. The highest BCUT2D eigenvalue weighted by molar-refractivity contribution is 5.58. The van der Waals surface area contributed by atoms with Crippen LogP contribution in [-0.2, 0) is 11.3 Å². The zero-order valence-electron chi connectivity index (χ0n) is 13.9. The molecule has 1 aliphatic heterocycles. The van der Waals surface area contributed by atoms with Crippen LogP contribution in [-0.4, -0.2) is 36.7 Å². The van der Waals surface area contributed by atoms with E-state index in [-0.39, 0.29) is 5.82 Å². The van der Waals surface area contributed by atoms with E-state index in [0.717, 1.165) is 25.3 Å². The van der Waals surface area contributed by atoms with E-state index in [9.17, 15) is 4.39 Å². The van der Waals surface area contributed by atoms with Crippen molar-refractivity contribution in [2.75, 3.05) is 32.1 Å². The smallest absolute Gasteiger partial charge is 0.164 e. The largest absolute Gasteiger partial charge is 0.378 e. The van der Waals surface area contributed by atoms with Gasteiger partial charge in [-0.05, 0) is 44.0 Å². The van der Waals surface area contributed by atoms with Crippen molar-refractivity contribution < 1.29 is 9.13 Å². The molecule has 24 heavy (non-hydrogen) atoms.